The molecule has 1 saturated heterocycles. The summed E-state index contributed by atoms with van der Waals surface area (Å²) in [5.41, 5.74) is 3.03. The number of hydrogen-bond acceptors (Lipinski definition) is 5. The summed E-state index contributed by atoms with van der Waals surface area (Å²) in [6, 6.07) is 0. The van der Waals surface area contributed by atoms with E-state index < -0.39 is 0 Å². The van der Waals surface area contributed by atoms with Gasteiger partial charge in [-0.05, 0) is 19.8 Å². The lowest BCUT2D eigenvalue weighted by molar-refractivity contribution is -0.123. The van der Waals surface area contributed by atoms with Crippen LogP contribution in [0.2, 0.25) is 0 Å². The third-order valence-corrected chi connectivity index (χ3v) is 4.66. The van der Waals surface area contributed by atoms with Crippen molar-refractivity contribution in [3.63, 3.8) is 0 Å². The number of carbonyl (C=O) groups excluding carboxylic acids is 1. The molecule has 2 N–H and O–H groups in total. The van der Waals surface area contributed by atoms with Crippen LogP contribution in [0.1, 0.15) is 36.7 Å². The second kappa shape index (κ2) is 7.42. The number of aliphatic hydroxyl groups is 1. The van der Waals surface area contributed by atoms with Crippen LogP contribution in [0.3, 0.4) is 0 Å². The number of aryl methyl sites for hydroxylation is 1. The molecule has 1 atom stereocenters. The molecule has 3 rings (SSSR count). The Morgan fingerprint density at radius 1 is 1.52 bits per heavy atom. The average molecular weight is 322 g/mol. The minimum Gasteiger partial charge on any atom is -0.390 e. The van der Waals surface area contributed by atoms with Crippen molar-refractivity contribution in [1.29, 1.82) is 0 Å². The molecule has 2 aliphatic heterocycles. The molecular formula is C16H26N4O3. The molecule has 0 aromatic carbocycles. The van der Waals surface area contributed by atoms with E-state index >= 15 is 0 Å². The molecule has 2 aliphatic rings. The zero-order valence-electron chi connectivity index (χ0n) is 13.8. The molecule has 0 radical (unpaired) electrons. The molecule has 0 bridgehead atoms. The number of hydrogen-bond donors (Lipinski definition) is 2. The second-order valence-electron chi connectivity index (χ2n) is 6.25. The van der Waals surface area contributed by atoms with Gasteiger partial charge >= 0.3 is 0 Å². The number of rotatable bonds is 6. The maximum absolute atomic E-state index is 12.1. The van der Waals surface area contributed by atoms with Gasteiger partial charge in [-0.25, -0.2) is 0 Å². The van der Waals surface area contributed by atoms with Crippen LogP contribution in [0.15, 0.2) is 0 Å². The molecule has 1 amide bonds. The summed E-state index contributed by atoms with van der Waals surface area (Å²) in [5, 5.41) is 16.9. The Morgan fingerprint density at radius 2 is 2.39 bits per heavy atom. The van der Waals surface area contributed by atoms with E-state index in [1.807, 2.05) is 4.68 Å². The quantitative estimate of drug-likeness (QED) is 0.773. The number of aliphatic hydroxyl groups excluding tert-OH is 1. The summed E-state index contributed by atoms with van der Waals surface area (Å²) in [5.74, 6) is 0.0392. The van der Waals surface area contributed by atoms with Gasteiger partial charge in [0.25, 0.3) is 0 Å². The van der Waals surface area contributed by atoms with E-state index in [9.17, 15) is 9.90 Å². The number of ether oxygens (including phenoxy) is 1. The first-order valence-corrected chi connectivity index (χ1v) is 8.50. The standard InChI is InChI=1S/C16H26N4O3/c1-2-20-15-5-6-19(9-13(15)14(11-21)18-20)10-16(22)17-8-12-4-3-7-23-12/h12,21H,2-11H2,1H3,(H,17,22). The number of nitrogens with one attached hydrogen (secondary N) is 1. The van der Waals surface area contributed by atoms with Gasteiger partial charge in [0, 0.05) is 50.5 Å². The van der Waals surface area contributed by atoms with Crippen molar-refractivity contribution in [2.24, 2.45) is 0 Å². The molecular weight excluding hydrogens is 296 g/mol. The van der Waals surface area contributed by atoms with E-state index in [4.69, 9.17) is 4.74 Å². The Bertz CT molecular complexity index is 552. The maximum atomic E-state index is 12.1. The number of nitrogens with zero attached hydrogens (tertiary/aromatic N) is 3. The lowest BCUT2D eigenvalue weighted by Crippen LogP contribution is -2.42. The second-order valence-corrected chi connectivity index (χ2v) is 6.25. The van der Waals surface area contributed by atoms with Gasteiger partial charge in [0.1, 0.15) is 0 Å². The number of aromatic nitrogens is 2. The Morgan fingerprint density at radius 3 is 3.09 bits per heavy atom. The molecule has 1 unspecified atom stereocenters. The van der Waals surface area contributed by atoms with Crippen molar-refractivity contribution < 1.29 is 14.6 Å². The van der Waals surface area contributed by atoms with Crippen molar-refractivity contribution in [3.05, 3.63) is 17.0 Å². The van der Waals surface area contributed by atoms with Crippen molar-refractivity contribution in [3.8, 4) is 0 Å². The monoisotopic (exact) mass is 322 g/mol. The first-order chi connectivity index (χ1) is 11.2. The van der Waals surface area contributed by atoms with Crippen LogP contribution >= 0.6 is 0 Å². The van der Waals surface area contributed by atoms with E-state index in [2.05, 4.69) is 22.2 Å². The summed E-state index contributed by atoms with van der Waals surface area (Å²) in [6.45, 7) is 6.14. The molecule has 128 valence electrons. The van der Waals surface area contributed by atoms with Gasteiger partial charge in [0.2, 0.25) is 5.91 Å². The zero-order valence-corrected chi connectivity index (χ0v) is 13.8. The number of fused-ring (bicyclic) bond motifs is 1. The first-order valence-electron chi connectivity index (χ1n) is 8.50. The highest BCUT2D eigenvalue weighted by Crippen LogP contribution is 2.22. The predicted octanol–water partition coefficient (Wildman–Crippen LogP) is 0.0486. The van der Waals surface area contributed by atoms with Crippen LogP contribution in [-0.2, 0) is 35.6 Å². The lowest BCUT2D eigenvalue weighted by Gasteiger charge is -2.27. The minimum absolute atomic E-state index is 0.0392. The van der Waals surface area contributed by atoms with Gasteiger partial charge < -0.3 is 15.2 Å². The smallest absolute Gasteiger partial charge is 0.234 e. The summed E-state index contributed by atoms with van der Waals surface area (Å²) in [4.78, 5) is 14.2. The molecule has 7 nitrogen and oxygen atoms in total. The van der Waals surface area contributed by atoms with Gasteiger partial charge in [-0.15, -0.1) is 0 Å². The van der Waals surface area contributed by atoms with E-state index in [1.54, 1.807) is 0 Å². The molecule has 3 heterocycles. The van der Waals surface area contributed by atoms with Crippen molar-refractivity contribution >= 4 is 5.91 Å². The molecule has 1 aromatic rings. The van der Waals surface area contributed by atoms with Gasteiger partial charge in [0.15, 0.2) is 0 Å². The molecule has 7 heteroatoms. The molecule has 0 spiro atoms. The summed E-state index contributed by atoms with van der Waals surface area (Å²) < 4.78 is 7.49. The third kappa shape index (κ3) is 3.73. The van der Waals surface area contributed by atoms with Crippen LogP contribution in [-0.4, -0.2) is 58.0 Å². The average Bonchev–Trinajstić information content (AvgIpc) is 3.20. The van der Waals surface area contributed by atoms with E-state index in [-0.39, 0.29) is 18.6 Å². The largest absolute Gasteiger partial charge is 0.390 e. The van der Waals surface area contributed by atoms with E-state index in [0.717, 1.165) is 50.2 Å². The van der Waals surface area contributed by atoms with Crippen LogP contribution in [0, 0.1) is 0 Å². The fourth-order valence-electron chi connectivity index (χ4n) is 3.43. The molecule has 1 fully saturated rings. The SMILES string of the molecule is CCn1nc(CO)c2c1CCN(CC(=O)NCC1CCCO1)C2. The van der Waals surface area contributed by atoms with Crippen molar-refractivity contribution in [2.45, 2.75) is 52.0 Å². The highest BCUT2D eigenvalue weighted by atomic mass is 16.5. The number of carbonyl (C=O) groups is 1. The minimum atomic E-state index is -0.0472. The Kier molecular flexibility index (Phi) is 5.30. The summed E-state index contributed by atoms with van der Waals surface area (Å²) in [7, 11) is 0. The highest BCUT2D eigenvalue weighted by molar-refractivity contribution is 5.78. The van der Waals surface area contributed by atoms with Crippen LogP contribution in [0.4, 0.5) is 0 Å². The predicted molar refractivity (Wildman–Crippen MR) is 84.8 cm³/mol. The highest BCUT2D eigenvalue weighted by Gasteiger charge is 2.25. The van der Waals surface area contributed by atoms with Gasteiger partial charge in [0.05, 0.1) is 24.9 Å². The Labute approximate surface area is 136 Å². The lowest BCUT2D eigenvalue weighted by atomic mass is 10.1. The molecule has 0 saturated carbocycles. The fourth-order valence-corrected chi connectivity index (χ4v) is 3.43. The van der Waals surface area contributed by atoms with Gasteiger partial charge in [-0.2, -0.15) is 5.10 Å². The van der Waals surface area contributed by atoms with Crippen LogP contribution in [0.5, 0.6) is 0 Å². The summed E-state index contributed by atoms with van der Waals surface area (Å²) in [6.07, 6.45) is 3.16. The molecule has 1 aromatic heterocycles. The topological polar surface area (TPSA) is 79.6 Å². The molecule has 0 aliphatic carbocycles. The third-order valence-electron chi connectivity index (χ3n) is 4.66. The van der Waals surface area contributed by atoms with E-state index in [1.165, 1.54) is 5.69 Å². The fraction of sp³-hybridized carbons (Fsp3) is 0.750. The normalized spacial score (nSPS) is 21.4. The maximum Gasteiger partial charge on any atom is 0.234 e. The Hall–Kier alpha value is -1.44. The molecule has 23 heavy (non-hydrogen) atoms. The first kappa shape index (κ1) is 16.4. The van der Waals surface area contributed by atoms with Crippen molar-refractivity contribution in [2.75, 3.05) is 26.2 Å². The van der Waals surface area contributed by atoms with E-state index in [0.29, 0.717) is 19.6 Å². The van der Waals surface area contributed by atoms with Crippen LogP contribution in [0.25, 0.3) is 0 Å². The zero-order chi connectivity index (χ0) is 16.2. The van der Waals surface area contributed by atoms with Gasteiger partial charge in [-0.3, -0.25) is 14.4 Å². The van der Waals surface area contributed by atoms with Gasteiger partial charge in [-0.1, -0.05) is 0 Å². The number of amides is 1. The Balaban J connectivity index is 1.54. The van der Waals surface area contributed by atoms with Crippen LogP contribution < -0.4 is 5.32 Å². The van der Waals surface area contributed by atoms with Crippen molar-refractivity contribution in [1.82, 2.24) is 20.0 Å². The summed E-state index contributed by atoms with van der Waals surface area (Å²) >= 11 is 0.